The molecule has 0 spiro atoms. The molecule has 0 atom stereocenters. The minimum Gasteiger partial charge on any atom is -0.336 e. The van der Waals surface area contributed by atoms with E-state index in [2.05, 4.69) is 20.6 Å². The number of hydrogen-bond acceptors (Lipinski definition) is 5. The van der Waals surface area contributed by atoms with Crippen LogP contribution >= 0.6 is 11.3 Å². The van der Waals surface area contributed by atoms with Crippen molar-refractivity contribution in [3.05, 3.63) is 75.8 Å². The number of pyridine rings is 1. The Hall–Kier alpha value is -3.33. The molecule has 0 fully saturated rings. The molecular weight excluding hydrogens is 405 g/mol. The van der Waals surface area contributed by atoms with Crippen LogP contribution in [0.3, 0.4) is 0 Å². The number of carbonyl (C=O) groups is 2. The summed E-state index contributed by atoms with van der Waals surface area (Å²) in [5.74, 6) is -0.483. The van der Waals surface area contributed by atoms with E-state index in [9.17, 15) is 14.0 Å². The Bertz CT molecular complexity index is 1050. The monoisotopic (exact) mass is 427 g/mol. The van der Waals surface area contributed by atoms with Gasteiger partial charge in [0.05, 0.1) is 23.5 Å². The Morgan fingerprint density at radius 1 is 1.23 bits per heavy atom. The summed E-state index contributed by atoms with van der Waals surface area (Å²) in [5, 5.41) is 7.50. The molecule has 7 nitrogen and oxygen atoms in total. The van der Waals surface area contributed by atoms with Crippen LogP contribution in [0, 0.1) is 19.7 Å². The summed E-state index contributed by atoms with van der Waals surface area (Å²) in [6.45, 7) is 4.18. The van der Waals surface area contributed by atoms with E-state index in [0.29, 0.717) is 34.2 Å². The number of aromatic nitrogens is 2. The molecule has 2 heterocycles. The number of aryl methyl sites for hydroxylation is 2. The van der Waals surface area contributed by atoms with Crippen molar-refractivity contribution in [1.29, 1.82) is 0 Å². The van der Waals surface area contributed by atoms with Gasteiger partial charge in [-0.25, -0.2) is 14.2 Å². The lowest BCUT2D eigenvalue weighted by Gasteiger charge is -2.18. The number of nitrogens with one attached hydrogen (secondary N) is 2. The molecule has 0 unspecified atom stereocenters. The summed E-state index contributed by atoms with van der Waals surface area (Å²) in [6, 6.07) is 7.39. The highest BCUT2D eigenvalue weighted by Crippen LogP contribution is 2.19. The predicted molar refractivity (Wildman–Crippen MR) is 114 cm³/mol. The van der Waals surface area contributed by atoms with Gasteiger partial charge in [0.25, 0.3) is 5.91 Å². The van der Waals surface area contributed by atoms with Crippen LogP contribution in [0.2, 0.25) is 0 Å². The third kappa shape index (κ3) is 5.38. The smallest absolute Gasteiger partial charge is 0.321 e. The van der Waals surface area contributed by atoms with Crippen LogP contribution in [-0.4, -0.2) is 33.9 Å². The largest absolute Gasteiger partial charge is 0.336 e. The number of urea groups is 1. The van der Waals surface area contributed by atoms with Crippen LogP contribution in [-0.2, 0) is 13.1 Å². The molecule has 0 saturated heterocycles. The van der Waals surface area contributed by atoms with Gasteiger partial charge >= 0.3 is 6.03 Å². The highest BCUT2D eigenvalue weighted by Gasteiger charge is 2.18. The normalized spacial score (nSPS) is 10.5. The van der Waals surface area contributed by atoms with Gasteiger partial charge < -0.3 is 10.2 Å². The molecule has 0 radical (unpaired) electrons. The fourth-order valence-corrected chi connectivity index (χ4v) is 3.63. The van der Waals surface area contributed by atoms with Gasteiger partial charge in [-0.2, -0.15) is 0 Å². The minimum absolute atomic E-state index is 0.131. The van der Waals surface area contributed by atoms with Gasteiger partial charge in [0.2, 0.25) is 0 Å². The van der Waals surface area contributed by atoms with E-state index < -0.39 is 6.03 Å². The van der Waals surface area contributed by atoms with E-state index in [1.165, 1.54) is 23.5 Å². The Morgan fingerprint density at radius 3 is 2.77 bits per heavy atom. The summed E-state index contributed by atoms with van der Waals surface area (Å²) >= 11 is 1.26. The van der Waals surface area contributed by atoms with Crippen LogP contribution in [0.15, 0.2) is 41.9 Å². The molecule has 0 aliphatic carbocycles. The second-order valence-corrected chi connectivity index (χ2v) is 7.69. The third-order valence-corrected chi connectivity index (χ3v) is 5.23. The molecule has 0 saturated carbocycles. The standard InChI is InChI=1S/C21H22FN5O2S/c1-13-7-8-23-14(2)18(13)19(28)27(3)11-17-12-30-21(25-17)26-20(29)24-10-15-5-4-6-16(22)9-15/h4-9,12H,10-11H2,1-3H3,(H2,24,25,26,29). The van der Waals surface area contributed by atoms with Gasteiger partial charge in [-0.3, -0.25) is 15.1 Å². The molecule has 2 N–H and O–H groups in total. The predicted octanol–water partition coefficient (Wildman–Crippen LogP) is 3.89. The van der Waals surface area contributed by atoms with Crippen molar-refractivity contribution in [2.75, 3.05) is 12.4 Å². The molecule has 156 valence electrons. The quantitative estimate of drug-likeness (QED) is 0.625. The summed E-state index contributed by atoms with van der Waals surface area (Å²) in [7, 11) is 1.70. The lowest BCUT2D eigenvalue weighted by molar-refractivity contribution is 0.0781. The molecule has 3 rings (SSSR count). The number of carbonyl (C=O) groups excluding carboxylic acids is 2. The Kier molecular flexibility index (Phi) is 6.73. The Balaban J connectivity index is 1.55. The van der Waals surface area contributed by atoms with Gasteiger partial charge in [0.15, 0.2) is 5.13 Å². The summed E-state index contributed by atoms with van der Waals surface area (Å²) < 4.78 is 13.2. The highest BCUT2D eigenvalue weighted by molar-refractivity contribution is 7.13. The molecule has 2 aromatic heterocycles. The van der Waals surface area contributed by atoms with Crippen molar-refractivity contribution >= 4 is 28.4 Å². The van der Waals surface area contributed by atoms with E-state index in [1.54, 1.807) is 48.6 Å². The lowest BCUT2D eigenvalue weighted by Crippen LogP contribution is -2.29. The second-order valence-electron chi connectivity index (χ2n) is 6.83. The third-order valence-electron chi connectivity index (χ3n) is 4.42. The van der Waals surface area contributed by atoms with E-state index in [-0.39, 0.29) is 18.3 Å². The average molecular weight is 428 g/mol. The van der Waals surface area contributed by atoms with Crippen molar-refractivity contribution in [2.24, 2.45) is 0 Å². The fraction of sp³-hybridized carbons (Fsp3) is 0.238. The van der Waals surface area contributed by atoms with Gasteiger partial charge in [0.1, 0.15) is 5.82 Å². The van der Waals surface area contributed by atoms with Crippen LogP contribution in [0.1, 0.15) is 32.9 Å². The molecule has 30 heavy (non-hydrogen) atoms. The van der Waals surface area contributed by atoms with Crippen molar-refractivity contribution in [1.82, 2.24) is 20.2 Å². The first-order valence-corrected chi connectivity index (χ1v) is 10.1. The van der Waals surface area contributed by atoms with Gasteiger partial charge in [-0.1, -0.05) is 12.1 Å². The van der Waals surface area contributed by atoms with Crippen LogP contribution < -0.4 is 10.6 Å². The van der Waals surface area contributed by atoms with Crippen LogP contribution in [0.4, 0.5) is 14.3 Å². The minimum atomic E-state index is -0.439. The number of rotatable bonds is 6. The summed E-state index contributed by atoms with van der Waals surface area (Å²) in [6.07, 6.45) is 1.68. The number of nitrogens with zero attached hydrogens (tertiary/aromatic N) is 3. The maximum absolute atomic E-state index is 13.2. The molecule has 0 bridgehead atoms. The van der Waals surface area contributed by atoms with Crippen LogP contribution in [0.5, 0.6) is 0 Å². The summed E-state index contributed by atoms with van der Waals surface area (Å²) in [4.78, 5) is 34.9. The molecule has 0 aliphatic heterocycles. The maximum Gasteiger partial charge on any atom is 0.321 e. The van der Waals surface area contributed by atoms with Crippen molar-refractivity contribution in [3.8, 4) is 0 Å². The van der Waals surface area contributed by atoms with Crippen molar-refractivity contribution in [2.45, 2.75) is 26.9 Å². The Morgan fingerprint density at radius 2 is 2.03 bits per heavy atom. The first kappa shape index (κ1) is 21.4. The van der Waals surface area contributed by atoms with E-state index in [0.717, 1.165) is 5.56 Å². The highest BCUT2D eigenvalue weighted by atomic mass is 32.1. The van der Waals surface area contributed by atoms with E-state index >= 15 is 0 Å². The molecule has 3 aromatic rings. The first-order valence-electron chi connectivity index (χ1n) is 9.25. The lowest BCUT2D eigenvalue weighted by atomic mass is 10.1. The van der Waals surface area contributed by atoms with Crippen molar-refractivity contribution in [3.63, 3.8) is 0 Å². The summed E-state index contributed by atoms with van der Waals surface area (Å²) in [5.41, 5.74) is 3.46. The van der Waals surface area contributed by atoms with E-state index in [1.807, 2.05) is 6.92 Å². The molecular formula is C21H22FN5O2S. The Labute approximate surface area is 178 Å². The molecule has 3 amide bonds. The maximum atomic E-state index is 13.2. The zero-order valence-electron chi connectivity index (χ0n) is 16.9. The average Bonchev–Trinajstić information content (AvgIpc) is 3.12. The number of anilines is 1. The number of amides is 3. The van der Waals surface area contributed by atoms with Gasteiger partial charge in [-0.05, 0) is 43.2 Å². The zero-order valence-corrected chi connectivity index (χ0v) is 17.7. The first-order chi connectivity index (χ1) is 14.3. The second kappa shape index (κ2) is 9.45. The van der Waals surface area contributed by atoms with Crippen LogP contribution in [0.25, 0.3) is 0 Å². The topological polar surface area (TPSA) is 87.2 Å². The SMILES string of the molecule is Cc1ccnc(C)c1C(=O)N(C)Cc1csc(NC(=O)NCc2cccc(F)c2)n1. The van der Waals surface area contributed by atoms with Gasteiger partial charge in [-0.15, -0.1) is 11.3 Å². The molecule has 0 aliphatic rings. The van der Waals surface area contributed by atoms with Gasteiger partial charge in [0, 0.05) is 25.2 Å². The number of benzene rings is 1. The zero-order chi connectivity index (χ0) is 21.7. The number of thiazole rings is 1. The molecule has 9 heteroatoms. The van der Waals surface area contributed by atoms with E-state index in [4.69, 9.17) is 0 Å². The van der Waals surface area contributed by atoms with Crippen molar-refractivity contribution < 1.29 is 14.0 Å². The molecule has 1 aromatic carbocycles. The number of hydrogen-bond donors (Lipinski definition) is 2. The number of halogens is 1. The fourth-order valence-electron chi connectivity index (χ4n) is 2.93.